The molecule has 2 aromatic carbocycles. The summed E-state index contributed by atoms with van der Waals surface area (Å²) in [6.45, 7) is 0.339. The zero-order valence-corrected chi connectivity index (χ0v) is 19.1. The molecule has 2 amide bonds. The zero-order valence-electron chi connectivity index (χ0n) is 16.7. The second-order valence-corrected chi connectivity index (χ2v) is 9.94. The Morgan fingerprint density at radius 3 is 2.71 bits per heavy atom. The van der Waals surface area contributed by atoms with E-state index in [1.54, 1.807) is 40.9 Å². The van der Waals surface area contributed by atoms with Gasteiger partial charge in [0.1, 0.15) is 0 Å². The Kier molecular flexibility index (Phi) is 7.21. The lowest BCUT2D eigenvalue weighted by Crippen LogP contribution is -2.28. The number of nitrogens with one attached hydrogen (secondary N) is 1. The average Bonchev–Trinajstić information content (AvgIpc) is 3.39. The first-order chi connectivity index (χ1) is 15.1. The predicted octanol–water partition coefficient (Wildman–Crippen LogP) is 4.91. The van der Waals surface area contributed by atoms with Crippen LogP contribution in [0.5, 0.6) is 0 Å². The van der Waals surface area contributed by atoms with Gasteiger partial charge in [-0.1, -0.05) is 65.0 Å². The molecule has 4 rings (SSSR count). The summed E-state index contributed by atoms with van der Waals surface area (Å²) in [5.74, 6) is 0.232. The number of hydrogen-bond donors (Lipinski definition) is 1. The van der Waals surface area contributed by atoms with Gasteiger partial charge in [-0.05, 0) is 42.7 Å². The van der Waals surface area contributed by atoms with Crippen molar-refractivity contribution < 1.29 is 9.59 Å². The van der Waals surface area contributed by atoms with Crippen molar-refractivity contribution >= 4 is 57.3 Å². The van der Waals surface area contributed by atoms with Crippen LogP contribution in [0.1, 0.15) is 18.4 Å². The standard InChI is InChI=1S/C22H21ClN4O2S2/c23-17-8-10-18(11-9-17)27-14-16(13-19(27)28)20(29)24-21-25-26-22(31-21)30-12-4-7-15-5-2-1-3-6-15/h1-3,5-6,8-11,16H,4,7,12-14H2,(H,24,25,29). The highest BCUT2D eigenvalue weighted by atomic mass is 35.5. The van der Waals surface area contributed by atoms with Gasteiger partial charge in [0, 0.05) is 29.4 Å². The fourth-order valence-corrected chi connectivity index (χ4v) is 5.25. The maximum absolute atomic E-state index is 12.6. The number of carbonyl (C=O) groups excluding carboxylic acids is 2. The minimum atomic E-state index is -0.422. The van der Waals surface area contributed by atoms with Gasteiger partial charge in [0.15, 0.2) is 4.34 Å². The fourth-order valence-electron chi connectivity index (χ4n) is 3.36. The number of aryl methyl sites for hydroxylation is 1. The van der Waals surface area contributed by atoms with Gasteiger partial charge in [-0.25, -0.2) is 0 Å². The van der Waals surface area contributed by atoms with E-state index in [4.69, 9.17) is 11.6 Å². The molecule has 1 aliphatic heterocycles. The fraction of sp³-hybridized carbons (Fsp3) is 0.273. The molecule has 0 bridgehead atoms. The molecular formula is C22H21ClN4O2S2. The van der Waals surface area contributed by atoms with E-state index in [0.29, 0.717) is 16.7 Å². The predicted molar refractivity (Wildman–Crippen MR) is 126 cm³/mol. The van der Waals surface area contributed by atoms with E-state index in [2.05, 4.69) is 39.8 Å². The molecular weight excluding hydrogens is 452 g/mol. The third-order valence-electron chi connectivity index (χ3n) is 4.95. The molecule has 1 saturated heterocycles. The molecule has 2 heterocycles. The minimum absolute atomic E-state index is 0.0746. The first-order valence-electron chi connectivity index (χ1n) is 9.95. The SMILES string of the molecule is O=C(Nc1nnc(SCCCc2ccccc2)s1)C1CC(=O)N(c2ccc(Cl)cc2)C1. The van der Waals surface area contributed by atoms with Gasteiger partial charge in [0.05, 0.1) is 5.92 Å². The van der Waals surface area contributed by atoms with Gasteiger partial charge in [-0.3, -0.25) is 9.59 Å². The number of carbonyl (C=O) groups is 2. The zero-order chi connectivity index (χ0) is 21.6. The topological polar surface area (TPSA) is 75.2 Å². The highest BCUT2D eigenvalue weighted by molar-refractivity contribution is 8.01. The molecule has 1 unspecified atom stereocenters. The Morgan fingerprint density at radius 1 is 1.16 bits per heavy atom. The van der Waals surface area contributed by atoms with Gasteiger partial charge in [-0.2, -0.15) is 0 Å². The Balaban J connectivity index is 1.25. The Hall–Kier alpha value is -2.42. The van der Waals surface area contributed by atoms with Crippen molar-refractivity contribution in [3.63, 3.8) is 0 Å². The van der Waals surface area contributed by atoms with E-state index in [0.717, 1.165) is 28.6 Å². The monoisotopic (exact) mass is 472 g/mol. The van der Waals surface area contributed by atoms with Crippen LogP contribution in [0.3, 0.4) is 0 Å². The van der Waals surface area contributed by atoms with Crippen molar-refractivity contribution in [2.24, 2.45) is 5.92 Å². The largest absolute Gasteiger partial charge is 0.312 e. The summed E-state index contributed by atoms with van der Waals surface area (Å²) < 4.78 is 0.827. The first-order valence-corrected chi connectivity index (χ1v) is 12.1. The van der Waals surface area contributed by atoms with E-state index >= 15 is 0 Å². The number of benzene rings is 2. The molecule has 1 atom stereocenters. The highest BCUT2D eigenvalue weighted by Gasteiger charge is 2.35. The first kappa shape index (κ1) is 21.8. The third kappa shape index (κ3) is 5.84. The normalized spacial score (nSPS) is 16.0. The number of anilines is 2. The van der Waals surface area contributed by atoms with Crippen molar-refractivity contribution in [3.05, 3.63) is 65.2 Å². The summed E-state index contributed by atoms with van der Waals surface area (Å²) in [5.41, 5.74) is 2.07. The van der Waals surface area contributed by atoms with Crippen LogP contribution in [0.15, 0.2) is 58.9 Å². The van der Waals surface area contributed by atoms with E-state index in [-0.39, 0.29) is 18.2 Å². The van der Waals surface area contributed by atoms with Crippen molar-refractivity contribution in [2.45, 2.75) is 23.6 Å². The molecule has 0 spiro atoms. The molecule has 1 fully saturated rings. The highest BCUT2D eigenvalue weighted by Crippen LogP contribution is 2.29. The number of nitrogens with zero attached hydrogens (tertiary/aromatic N) is 3. The van der Waals surface area contributed by atoms with E-state index in [9.17, 15) is 9.59 Å². The van der Waals surface area contributed by atoms with Gasteiger partial charge < -0.3 is 10.2 Å². The van der Waals surface area contributed by atoms with Crippen molar-refractivity contribution in [2.75, 3.05) is 22.5 Å². The van der Waals surface area contributed by atoms with Gasteiger partial charge in [-0.15, -0.1) is 10.2 Å². The quantitative estimate of drug-likeness (QED) is 0.286. The maximum atomic E-state index is 12.6. The Bertz CT molecular complexity index is 1040. The number of amides is 2. The van der Waals surface area contributed by atoms with Crippen LogP contribution >= 0.6 is 34.7 Å². The molecule has 0 radical (unpaired) electrons. The van der Waals surface area contributed by atoms with Crippen LogP contribution in [0.25, 0.3) is 0 Å². The molecule has 6 nitrogen and oxygen atoms in total. The summed E-state index contributed by atoms with van der Waals surface area (Å²) in [4.78, 5) is 26.6. The number of halogens is 1. The summed E-state index contributed by atoms with van der Waals surface area (Å²) >= 11 is 8.91. The van der Waals surface area contributed by atoms with Crippen LogP contribution < -0.4 is 10.2 Å². The third-order valence-corrected chi connectivity index (χ3v) is 7.26. The molecule has 160 valence electrons. The molecule has 0 saturated carbocycles. The van der Waals surface area contributed by atoms with E-state index < -0.39 is 5.92 Å². The summed E-state index contributed by atoms with van der Waals surface area (Å²) in [6.07, 6.45) is 2.24. The number of aromatic nitrogens is 2. The lowest BCUT2D eigenvalue weighted by atomic mass is 10.1. The van der Waals surface area contributed by atoms with Crippen molar-refractivity contribution in [1.29, 1.82) is 0 Å². The molecule has 31 heavy (non-hydrogen) atoms. The molecule has 0 aliphatic carbocycles. The van der Waals surface area contributed by atoms with Gasteiger partial charge in [0.25, 0.3) is 0 Å². The lowest BCUT2D eigenvalue weighted by molar-refractivity contribution is -0.122. The molecule has 1 aliphatic rings. The van der Waals surface area contributed by atoms with Crippen LogP contribution in [-0.2, 0) is 16.0 Å². The second kappa shape index (κ2) is 10.3. The van der Waals surface area contributed by atoms with E-state index in [1.807, 2.05) is 6.07 Å². The minimum Gasteiger partial charge on any atom is -0.312 e. The van der Waals surface area contributed by atoms with E-state index in [1.165, 1.54) is 16.9 Å². The molecule has 3 aromatic rings. The summed E-state index contributed by atoms with van der Waals surface area (Å²) in [5, 5.41) is 12.1. The van der Waals surface area contributed by atoms with Gasteiger partial charge >= 0.3 is 0 Å². The summed E-state index contributed by atoms with van der Waals surface area (Å²) in [7, 11) is 0. The van der Waals surface area contributed by atoms with Crippen LogP contribution in [-0.4, -0.2) is 34.3 Å². The van der Waals surface area contributed by atoms with Crippen molar-refractivity contribution in [3.8, 4) is 0 Å². The number of hydrogen-bond acceptors (Lipinski definition) is 6. The Morgan fingerprint density at radius 2 is 1.94 bits per heavy atom. The number of rotatable bonds is 8. The van der Waals surface area contributed by atoms with Crippen LogP contribution in [0, 0.1) is 5.92 Å². The smallest absolute Gasteiger partial charge is 0.231 e. The molecule has 9 heteroatoms. The van der Waals surface area contributed by atoms with Gasteiger partial charge in [0.2, 0.25) is 16.9 Å². The second-order valence-electron chi connectivity index (χ2n) is 7.18. The van der Waals surface area contributed by atoms with Crippen LogP contribution in [0.4, 0.5) is 10.8 Å². The maximum Gasteiger partial charge on any atom is 0.231 e. The van der Waals surface area contributed by atoms with Crippen molar-refractivity contribution in [1.82, 2.24) is 10.2 Å². The summed E-state index contributed by atoms with van der Waals surface area (Å²) in [6, 6.07) is 17.4. The average molecular weight is 473 g/mol. The van der Waals surface area contributed by atoms with Crippen LogP contribution in [0.2, 0.25) is 5.02 Å². The molecule has 1 N–H and O–H groups in total. The Labute approximate surface area is 194 Å². The molecule has 1 aromatic heterocycles. The number of thioether (sulfide) groups is 1. The lowest BCUT2D eigenvalue weighted by Gasteiger charge is -2.16.